The Hall–Kier alpha value is -1.76. The molecule has 132 valence electrons. The number of anilines is 1. The third kappa shape index (κ3) is 5.12. The van der Waals surface area contributed by atoms with Gasteiger partial charge in [0.1, 0.15) is 5.60 Å². The molecule has 1 saturated heterocycles. The van der Waals surface area contributed by atoms with Crippen LogP contribution in [-0.4, -0.2) is 41.6 Å². The molecule has 1 fully saturated rings. The number of ether oxygens (including phenoxy) is 1. The fourth-order valence-electron chi connectivity index (χ4n) is 2.59. The van der Waals surface area contributed by atoms with Crippen molar-refractivity contribution in [3.8, 4) is 0 Å². The summed E-state index contributed by atoms with van der Waals surface area (Å²) in [6.07, 6.45) is 1.30. The van der Waals surface area contributed by atoms with Gasteiger partial charge in [0, 0.05) is 29.3 Å². The molecular weight excluding hydrogens is 374 g/mol. The second-order valence-electron chi connectivity index (χ2n) is 6.97. The van der Waals surface area contributed by atoms with Gasteiger partial charge >= 0.3 is 6.09 Å². The molecule has 0 bridgehead atoms. The minimum Gasteiger partial charge on any atom is -0.444 e. The molecule has 7 heteroatoms. The number of halogens is 1. The maximum absolute atomic E-state index is 12.4. The fourth-order valence-corrected chi connectivity index (χ4v) is 2.97. The zero-order valence-electron chi connectivity index (χ0n) is 14.3. The molecule has 0 saturated carbocycles. The molecular formula is C17H24BrN3O3. The normalized spacial score (nSPS) is 18.2. The number of amides is 2. The largest absolute Gasteiger partial charge is 0.444 e. The van der Waals surface area contributed by atoms with Gasteiger partial charge in [0.2, 0.25) is 0 Å². The molecule has 1 heterocycles. The zero-order valence-corrected chi connectivity index (χ0v) is 15.9. The van der Waals surface area contributed by atoms with Crippen LogP contribution in [0.4, 0.5) is 10.5 Å². The van der Waals surface area contributed by atoms with Gasteiger partial charge in [0.25, 0.3) is 5.91 Å². The quantitative estimate of drug-likeness (QED) is 0.750. The topological polar surface area (TPSA) is 84.7 Å². The summed E-state index contributed by atoms with van der Waals surface area (Å²) < 4.78 is 6.22. The van der Waals surface area contributed by atoms with Gasteiger partial charge in [-0.3, -0.25) is 4.79 Å². The number of piperidine rings is 1. The van der Waals surface area contributed by atoms with Crippen molar-refractivity contribution in [2.45, 2.75) is 45.3 Å². The zero-order chi connectivity index (χ0) is 17.9. The van der Waals surface area contributed by atoms with Crippen molar-refractivity contribution in [2.24, 2.45) is 0 Å². The standard InChI is InChI=1S/C17H24BrN3O3/c1-17(2,3)24-16(23)21-8-4-5-12(10-21)20-15(22)13-7-6-11(18)9-14(13)19/h6-7,9,12H,4-5,8,10,19H2,1-3H3,(H,20,22). The Morgan fingerprint density at radius 3 is 2.71 bits per heavy atom. The number of hydrogen-bond donors (Lipinski definition) is 2. The lowest BCUT2D eigenvalue weighted by atomic mass is 10.0. The maximum Gasteiger partial charge on any atom is 0.410 e. The van der Waals surface area contributed by atoms with Crippen molar-refractivity contribution < 1.29 is 14.3 Å². The molecule has 1 aliphatic heterocycles. The molecule has 0 radical (unpaired) electrons. The second-order valence-corrected chi connectivity index (χ2v) is 7.89. The number of nitrogens with zero attached hydrogens (tertiary/aromatic N) is 1. The Balaban J connectivity index is 1.97. The Morgan fingerprint density at radius 2 is 2.08 bits per heavy atom. The van der Waals surface area contributed by atoms with Gasteiger partial charge in [-0.15, -0.1) is 0 Å². The van der Waals surface area contributed by atoms with Crippen molar-refractivity contribution in [3.05, 3.63) is 28.2 Å². The number of nitrogens with two attached hydrogens (primary N) is 1. The molecule has 2 amide bonds. The van der Waals surface area contributed by atoms with Gasteiger partial charge in [-0.25, -0.2) is 4.79 Å². The van der Waals surface area contributed by atoms with Crippen LogP contribution in [0.1, 0.15) is 44.0 Å². The molecule has 2 rings (SSSR count). The van der Waals surface area contributed by atoms with E-state index in [1.54, 1.807) is 23.1 Å². The average molecular weight is 398 g/mol. The summed E-state index contributed by atoms with van der Waals surface area (Å²) in [5, 5.41) is 2.96. The van der Waals surface area contributed by atoms with Crippen molar-refractivity contribution in [1.29, 1.82) is 0 Å². The first kappa shape index (κ1) is 18.6. The summed E-state index contributed by atoms with van der Waals surface area (Å²) in [4.78, 5) is 26.2. The summed E-state index contributed by atoms with van der Waals surface area (Å²) >= 11 is 3.32. The Bertz CT molecular complexity index is 628. The highest BCUT2D eigenvalue weighted by Crippen LogP contribution is 2.20. The number of hydrogen-bond acceptors (Lipinski definition) is 4. The lowest BCUT2D eigenvalue weighted by Crippen LogP contribution is -2.50. The third-order valence-corrected chi connectivity index (χ3v) is 4.16. The molecule has 24 heavy (non-hydrogen) atoms. The highest BCUT2D eigenvalue weighted by molar-refractivity contribution is 9.10. The summed E-state index contributed by atoms with van der Waals surface area (Å²) in [6, 6.07) is 5.05. The Morgan fingerprint density at radius 1 is 1.38 bits per heavy atom. The molecule has 0 spiro atoms. The number of likely N-dealkylation sites (tertiary alicyclic amines) is 1. The molecule has 6 nitrogen and oxygen atoms in total. The van der Waals surface area contributed by atoms with Gasteiger partial charge in [-0.1, -0.05) is 15.9 Å². The van der Waals surface area contributed by atoms with Gasteiger partial charge in [0.15, 0.2) is 0 Å². The van der Waals surface area contributed by atoms with E-state index in [0.717, 1.165) is 17.3 Å². The van der Waals surface area contributed by atoms with Crippen molar-refractivity contribution in [2.75, 3.05) is 18.8 Å². The minimum absolute atomic E-state index is 0.109. The smallest absolute Gasteiger partial charge is 0.410 e. The molecule has 0 aliphatic carbocycles. The van der Waals surface area contributed by atoms with Crippen LogP contribution >= 0.6 is 15.9 Å². The summed E-state index contributed by atoms with van der Waals surface area (Å²) in [5.74, 6) is -0.226. The molecule has 1 aliphatic rings. The Kier molecular flexibility index (Phi) is 5.74. The maximum atomic E-state index is 12.4. The van der Waals surface area contributed by atoms with Gasteiger partial charge in [-0.2, -0.15) is 0 Å². The number of benzene rings is 1. The molecule has 0 aromatic heterocycles. The highest BCUT2D eigenvalue weighted by atomic mass is 79.9. The van der Waals surface area contributed by atoms with E-state index in [1.165, 1.54) is 0 Å². The van der Waals surface area contributed by atoms with E-state index >= 15 is 0 Å². The Labute approximate surface area is 150 Å². The van der Waals surface area contributed by atoms with Crippen LogP contribution in [-0.2, 0) is 4.74 Å². The first-order valence-corrected chi connectivity index (χ1v) is 8.79. The van der Waals surface area contributed by atoms with E-state index in [1.807, 2.05) is 20.8 Å². The van der Waals surface area contributed by atoms with Crippen molar-refractivity contribution >= 4 is 33.6 Å². The fraction of sp³-hybridized carbons (Fsp3) is 0.529. The van der Waals surface area contributed by atoms with Crippen LogP contribution in [0.5, 0.6) is 0 Å². The highest BCUT2D eigenvalue weighted by Gasteiger charge is 2.28. The molecule has 3 N–H and O–H groups in total. The predicted molar refractivity (Wildman–Crippen MR) is 96.8 cm³/mol. The predicted octanol–water partition coefficient (Wildman–Crippen LogP) is 3.16. The number of rotatable bonds is 2. The van der Waals surface area contributed by atoms with Crippen LogP contribution in [0, 0.1) is 0 Å². The van der Waals surface area contributed by atoms with Crippen LogP contribution < -0.4 is 11.1 Å². The molecule has 1 aromatic rings. The summed E-state index contributed by atoms with van der Waals surface area (Å²) in [6.45, 7) is 6.60. The van der Waals surface area contributed by atoms with E-state index in [0.29, 0.717) is 24.3 Å². The van der Waals surface area contributed by atoms with E-state index in [2.05, 4.69) is 21.2 Å². The first-order valence-electron chi connectivity index (χ1n) is 7.99. The lowest BCUT2D eigenvalue weighted by Gasteiger charge is -2.34. The number of nitrogen functional groups attached to an aromatic ring is 1. The van der Waals surface area contributed by atoms with E-state index < -0.39 is 5.60 Å². The summed E-state index contributed by atoms with van der Waals surface area (Å²) in [5.41, 5.74) is 6.22. The summed E-state index contributed by atoms with van der Waals surface area (Å²) in [7, 11) is 0. The van der Waals surface area contributed by atoms with Crippen LogP contribution in [0.25, 0.3) is 0 Å². The minimum atomic E-state index is -0.529. The van der Waals surface area contributed by atoms with E-state index in [4.69, 9.17) is 10.5 Å². The van der Waals surface area contributed by atoms with Crippen LogP contribution in [0.3, 0.4) is 0 Å². The molecule has 1 atom stereocenters. The van der Waals surface area contributed by atoms with Gasteiger partial charge in [-0.05, 0) is 51.8 Å². The lowest BCUT2D eigenvalue weighted by molar-refractivity contribution is 0.0185. The SMILES string of the molecule is CC(C)(C)OC(=O)N1CCCC(NC(=O)c2ccc(Br)cc2N)C1. The molecule has 1 unspecified atom stereocenters. The van der Waals surface area contributed by atoms with Crippen molar-refractivity contribution in [3.63, 3.8) is 0 Å². The van der Waals surface area contributed by atoms with Crippen LogP contribution in [0.15, 0.2) is 22.7 Å². The van der Waals surface area contributed by atoms with Gasteiger partial charge < -0.3 is 20.7 Å². The average Bonchev–Trinajstić information content (AvgIpc) is 2.45. The first-order chi connectivity index (χ1) is 11.2. The van der Waals surface area contributed by atoms with E-state index in [9.17, 15) is 9.59 Å². The van der Waals surface area contributed by atoms with Crippen LogP contribution in [0.2, 0.25) is 0 Å². The number of nitrogens with one attached hydrogen (secondary N) is 1. The monoisotopic (exact) mass is 397 g/mol. The third-order valence-electron chi connectivity index (χ3n) is 3.67. The molecule has 1 aromatic carbocycles. The number of carbonyl (C=O) groups excluding carboxylic acids is 2. The second kappa shape index (κ2) is 7.42. The van der Waals surface area contributed by atoms with E-state index in [-0.39, 0.29) is 18.0 Å². The van der Waals surface area contributed by atoms with Crippen molar-refractivity contribution in [1.82, 2.24) is 10.2 Å². The van der Waals surface area contributed by atoms with Gasteiger partial charge in [0.05, 0.1) is 5.56 Å². The number of carbonyl (C=O) groups is 2.